The minimum atomic E-state index is -1.21. The molecule has 4 heterocycles. The summed E-state index contributed by atoms with van der Waals surface area (Å²) < 4.78 is 52.0. The van der Waals surface area contributed by atoms with Crippen molar-refractivity contribution in [2.45, 2.75) is 55.9 Å². The molecule has 0 aromatic heterocycles. The molecule has 1 aliphatic carbocycles. The fraction of sp³-hybridized carbons (Fsp3) is 0.552. The zero-order chi connectivity index (χ0) is 29.3. The van der Waals surface area contributed by atoms with Gasteiger partial charge in [0.25, 0.3) is 0 Å². The number of aliphatic hydroxyl groups excluding tert-OH is 1. The number of fused-ring (bicyclic) bond motifs is 4. The number of carbonyl (C=O) groups excluding carboxylic acids is 1. The summed E-state index contributed by atoms with van der Waals surface area (Å²) in [5.74, 6) is -0.819. The van der Waals surface area contributed by atoms with Crippen molar-refractivity contribution in [2.75, 3.05) is 34.2 Å². The van der Waals surface area contributed by atoms with E-state index in [9.17, 15) is 15.0 Å². The van der Waals surface area contributed by atoms with Gasteiger partial charge in [0.2, 0.25) is 12.5 Å². The first-order valence-corrected chi connectivity index (χ1v) is 13.9. The number of carbonyl (C=O) groups is 1. The van der Waals surface area contributed by atoms with Gasteiger partial charge in [-0.15, -0.1) is 0 Å². The Morgan fingerprint density at radius 3 is 2.33 bits per heavy atom. The number of phenols is 1. The first-order chi connectivity index (χ1) is 20.3. The van der Waals surface area contributed by atoms with Crippen LogP contribution in [0.5, 0.6) is 28.7 Å². The number of aromatic hydroxyl groups is 1. The smallest absolute Gasteiger partial charge is 0.310 e. The Balaban J connectivity index is 1.32. The van der Waals surface area contributed by atoms with E-state index in [4.69, 9.17) is 48.4 Å². The molecule has 42 heavy (non-hydrogen) atoms. The van der Waals surface area contributed by atoms with Crippen LogP contribution in [0.4, 0.5) is 0 Å². The molecule has 0 radical (unpaired) electrons. The summed E-state index contributed by atoms with van der Waals surface area (Å²) in [5.41, 5.74) is 8.51. The van der Waals surface area contributed by atoms with E-state index in [0.717, 1.165) is 5.56 Å². The van der Waals surface area contributed by atoms with Gasteiger partial charge in [-0.2, -0.15) is 0 Å². The normalized spacial score (nSPS) is 36.5. The predicted octanol–water partition coefficient (Wildman–Crippen LogP) is 1.30. The number of cyclic esters (lactones) is 1. The van der Waals surface area contributed by atoms with Crippen molar-refractivity contribution in [3.63, 3.8) is 0 Å². The molecule has 10 atom stereocenters. The second-order valence-corrected chi connectivity index (χ2v) is 11.1. The van der Waals surface area contributed by atoms with E-state index >= 15 is 0 Å². The van der Waals surface area contributed by atoms with Crippen LogP contribution >= 0.6 is 0 Å². The first-order valence-electron chi connectivity index (χ1n) is 13.9. The number of esters is 1. The van der Waals surface area contributed by atoms with Gasteiger partial charge in [-0.3, -0.25) is 4.79 Å². The lowest BCUT2D eigenvalue weighted by Crippen LogP contribution is -2.66. The zero-order valence-corrected chi connectivity index (χ0v) is 23.3. The average Bonchev–Trinajstić information content (AvgIpc) is 3.61. The molecule has 3 fully saturated rings. The van der Waals surface area contributed by atoms with Crippen molar-refractivity contribution in [3.8, 4) is 28.7 Å². The highest BCUT2D eigenvalue weighted by atomic mass is 16.8. The minimum Gasteiger partial charge on any atom is -0.502 e. The lowest BCUT2D eigenvalue weighted by molar-refractivity contribution is -0.345. The number of benzene rings is 2. The Labute approximate surface area is 241 Å². The summed E-state index contributed by atoms with van der Waals surface area (Å²) in [6.45, 7) is 2.11. The van der Waals surface area contributed by atoms with Crippen LogP contribution in [-0.2, 0) is 28.5 Å². The van der Waals surface area contributed by atoms with Gasteiger partial charge in [-0.25, -0.2) is 0 Å². The monoisotopic (exact) mass is 587 g/mol. The summed E-state index contributed by atoms with van der Waals surface area (Å²) in [4.78, 5) is 13.4. The SMILES string of the molecule is COc1cc([C@@H]2c3cc4c(cc3[C@@H](O[C@@H]3O[C@@H]5CO[C@@H](C)O[C@H]5[C@H](N)[C@H]3O)[C@H]3COC(=O)[C@H]23)OCO4)cc(OC)c1O. The standard InChI is InChI=1S/C29H33NO12/c1-11-36-9-20-27(40-11)23(30)25(32)29(41-20)42-26-14-7-17-16(38-10-39-17)6-13(14)21(22-15(26)8-37-28(22)33)12-4-18(34-2)24(31)19(5-12)35-3/h4-7,11,15,20-23,25-27,29,31-32H,8-10,30H2,1-3H3/t11-,15+,20-,21-,22+,23-,25-,26-,27-,29+/m1/s1. The lowest BCUT2D eigenvalue weighted by Gasteiger charge is -2.48. The van der Waals surface area contributed by atoms with Crippen LogP contribution < -0.4 is 24.7 Å². The van der Waals surface area contributed by atoms with Gasteiger partial charge in [0, 0.05) is 11.8 Å². The number of hydrogen-bond donors (Lipinski definition) is 3. The van der Waals surface area contributed by atoms with E-state index in [1.807, 2.05) is 12.1 Å². The van der Waals surface area contributed by atoms with Gasteiger partial charge < -0.3 is 58.6 Å². The second-order valence-electron chi connectivity index (χ2n) is 11.1. The Morgan fingerprint density at radius 1 is 0.952 bits per heavy atom. The van der Waals surface area contributed by atoms with Crippen LogP contribution in [0.25, 0.3) is 0 Å². The Kier molecular flexibility index (Phi) is 6.83. The molecular weight excluding hydrogens is 554 g/mol. The van der Waals surface area contributed by atoms with E-state index in [1.54, 1.807) is 19.1 Å². The number of aliphatic hydroxyl groups is 1. The van der Waals surface area contributed by atoms with Gasteiger partial charge in [0.05, 0.1) is 45.5 Å². The maximum Gasteiger partial charge on any atom is 0.310 e. The van der Waals surface area contributed by atoms with E-state index in [0.29, 0.717) is 22.6 Å². The average molecular weight is 588 g/mol. The van der Waals surface area contributed by atoms with E-state index < -0.39 is 66.8 Å². The minimum absolute atomic E-state index is 0.0466. The van der Waals surface area contributed by atoms with E-state index in [2.05, 4.69) is 0 Å². The van der Waals surface area contributed by atoms with Crippen LogP contribution in [0, 0.1) is 11.8 Å². The summed E-state index contributed by atoms with van der Waals surface area (Å²) in [6, 6.07) is 6.23. The molecule has 2 aromatic rings. The molecule has 0 unspecified atom stereocenters. The molecule has 0 bridgehead atoms. The lowest BCUT2D eigenvalue weighted by atomic mass is 9.66. The van der Waals surface area contributed by atoms with Crippen molar-refractivity contribution in [1.29, 1.82) is 0 Å². The third kappa shape index (κ3) is 4.26. The fourth-order valence-electron chi connectivity index (χ4n) is 6.79. The maximum atomic E-state index is 13.4. The van der Waals surface area contributed by atoms with Crippen molar-refractivity contribution in [1.82, 2.24) is 0 Å². The van der Waals surface area contributed by atoms with Crippen LogP contribution in [0.15, 0.2) is 24.3 Å². The molecule has 226 valence electrons. The number of methoxy groups -OCH3 is 2. The fourth-order valence-corrected chi connectivity index (χ4v) is 6.79. The Morgan fingerprint density at radius 2 is 1.64 bits per heavy atom. The van der Waals surface area contributed by atoms with E-state index in [1.165, 1.54) is 14.2 Å². The third-order valence-electron chi connectivity index (χ3n) is 8.83. The van der Waals surface area contributed by atoms with Gasteiger partial charge >= 0.3 is 5.97 Å². The molecule has 5 aliphatic rings. The highest BCUT2D eigenvalue weighted by Gasteiger charge is 2.55. The van der Waals surface area contributed by atoms with Crippen molar-refractivity contribution >= 4 is 5.97 Å². The first kappa shape index (κ1) is 27.5. The van der Waals surface area contributed by atoms with Gasteiger partial charge in [0.1, 0.15) is 18.3 Å². The molecule has 13 nitrogen and oxygen atoms in total. The van der Waals surface area contributed by atoms with E-state index in [-0.39, 0.29) is 37.3 Å². The van der Waals surface area contributed by atoms with Crippen LogP contribution in [-0.4, -0.2) is 87.3 Å². The molecule has 13 heteroatoms. The highest BCUT2D eigenvalue weighted by molar-refractivity contribution is 5.79. The molecule has 4 N–H and O–H groups in total. The molecule has 3 saturated heterocycles. The Bertz CT molecular complexity index is 1360. The largest absolute Gasteiger partial charge is 0.502 e. The summed E-state index contributed by atoms with van der Waals surface area (Å²) in [6.07, 6.45) is -4.68. The van der Waals surface area contributed by atoms with Crippen LogP contribution in [0.3, 0.4) is 0 Å². The third-order valence-corrected chi connectivity index (χ3v) is 8.83. The number of nitrogens with two attached hydrogens (primary N) is 1. The summed E-state index contributed by atoms with van der Waals surface area (Å²) in [7, 11) is 2.88. The van der Waals surface area contributed by atoms with Crippen LogP contribution in [0.1, 0.15) is 35.6 Å². The summed E-state index contributed by atoms with van der Waals surface area (Å²) >= 11 is 0. The topological polar surface area (TPSA) is 167 Å². The second kappa shape index (κ2) is 10.4. The molecule has 0 saturated carbocycles. The molecular formula is C29H33NO12. The molecule has 2 aromatic carbocycles. The quantitative estimate of drug-likeness (QED) is 0.429. The Hall–Kier alpha value is -3.33. The van der Waals surface area contributed by atoms with Gasteiger partial charge in [0.15, 0.2) is 35.6 Å². The zero-order valence-electron chi connectivity index (χ0n) is 23.3. The molecule has 7 rings (SSSR count). The number of rotatable bonds is 5. The number of ether oxygens (including phenoxy) is 9. The van der Waals surface area contributed by atoms with Crippen molar-refractivity contribution < 1.29 is 57.6 Å². The molecule has 0 amide bonds. The predicted molar refractivity (Wildman–Crippen MR) is 140 cm³/mol. The molecule has 0 spiro atoms. The summed E-state index contributed by atoms with van der Waals surface area (Å²) in [5, 5.41) is 21.7. The number of phenolic OH excluding ortho intramolecular Hbond substituents is 1. The van der Waals surface area contributed by atoms with Crippen molar-refractivity contribution in [3.05, 3.63) is 41.0 Å². The van der Waals surface area contributed by atoms with Gasteiger partial charge in [-0.05, 0) is 47.9 Å². The van der Waals surface area contributed by atoms with Crippen LogP contribution in [0.2, 0.25) is 0 Å². The highest BCUT2D eigenvalue weighted by Crippen LogP contribution is 2.57. The van der Waals surface area contributed by atoms with Crippen molar-refractivity contribution in [2.24, 2.45) is 17.6 Å². The van der Waals surface area contributed by atoms with Gasteiger partial charge in [-0.1, -0.05) is 0 Å². The maximum absolute atomic E-state index is 13.4. The molecule has 4 aliphatic heterocycles. The number of hydrogen-bond acceptors (Lipinski definition) is 13.